The van der Waals surface area contributed by atoms with Gasteiger partial charge < -0.3 is 25.8 Å². The Morgan fingerprint density at radius 1 is 1.25 bits per heavy atom. The van der Waals surface area contributed by atoms with Crippen LogP contribution in [0.25, 0.3) is 0 Å². The summed E-state index contributed by atoms with van der Waals surface area (Å²) in [5.41, 5.74) is 5.95. The average Bonchev–Trinajstić information content (AvgIpc) is 2.34. The van der Waals surface area contributed by atoms with Crippen LogP contribution in [0.4, 0.5) is 0 Å². The van der Waals surface area contributed by atoms with Crippen molar-refractivity contribution in [3.8, 4) is 0 Å². The molecular formula is C14H26N4O2. The van der Waals surface area contributed by atoms with Gasteiger partial charge in [-0.2, -0.15) is 0 Å². The maximum Gasteiger partial charge on any atom is 0.194 e. The second-order valence-electron chi connectivity index (χ2n) is 5.37. The summed E-state index contributed by atoms with van der Waals surface area (Å²) < 4.78 is 10.3. The van der Waals surface area contributed by atoms with Gasteiger partial charge in [-0.1, -0.05) is 13.8 Å². The Hall–Kier alpha value is -1.27. The van der Waals surface area contributed by atoms with Crippen LogP contribution in [0.15, 0.2) is 16.9 Å². The predicted molar refractivity (Wildman–Crippen MR) is 79.3 cm³/mol. The van der Waals surface area contributed by atoms with E-state index >= 15 is 0 Å². The predicted octanol–water partition coefficient (Wildman–Crippen LogP) is 0.556. The normalized spacial score (nSPS) is 21.6. The molecule has 114 valence electrons. The Morgan fingerprint density at radius 3 is 2.35 bits per heavy atom. The van der Waals surface area contributed by atoms with E-state index in [2.05, 4.69) is 35.5 Å². The first-order chi connectivity index (χ1) is 9.71. The Morgan fingerprint density at radius 2 is 1.90 bits per heavy atom. The summed E-state index contributed by atoms with van der Waals surface area (Å²) in [4.78, 5) is 4.38. The third-order valence-electron chi connectivity index (χ3n) is 3.65. The zero-order chi connectivity index (χ0) is 14.4. The first-order valence-electron chi connectivity index (χ1n) is 7.45. The Balaban J connectivity index is 1.94. The number of hydrogen-bond acceptors (Lipinski definition) is 4. The number of allylic oxidation sites excluding steroid dienone is 1. The highest BCUT2D eigenvalue weighted by Gasteiger charge is 2.20. The van der Waals surface area contributed by atoms with E-state index in [0.717, 1.165) is 31.9 Å². The molecule has 0 aromatic rings. The van der Waals surface area contributed by atoms with E-state index in [0.29, 0.717) is 31.1 Å². The highest BCUT2D eigenvalue weighted by molar-refractivity contribution is 5.79. The zero-order valence-electron chi connectivity index (χ0n) is 12.4. The third kappa shape index (κ3) is 4.38. The van der Waals surface area contributed by atoms with Crippen molar-refractivity contribution in [3.63, 3.8) is 0 Å². The highest BCUT2D eigenvalue weighted by atomic mass is 16.5. The van der Waals surface area contributed by atoms with Gasteiger partial charge in [-0.05, 0) is 24.8 Å². The van der Waals surface area contributed by atoms with Gasteiger partial charge in [0.05, 0.1) is 32.5 Å². The summed E-state index contributed by atoms with van der Waals surface area (Å²) in [7, 11) is 0. The van der Waals surface area contributed by atoms with E-state index < -0.39 is 0 Å². The lowest BCUT2D eigenvalue weighted by molar-refractivity contribution is -0.00139. The Labute approximate surface area is 120 Å². The van der Waals surface area contributed by atoms with Crippen molar-refractivity contribution in [1.82, 2.24) is 10.6 Å². The smallest absolute Gasteiger partial charge is 0.194 e. The van der Waals surface area contributed by atoms with Gasteiger partial charge in [-0.3, -0.25) is 0 Å². The number of aliphatic imine (C=N–C) groups is 1. The van der Waals surface area contributed by atoms with Crippen LogP contribution >= 0.6 is 0 Å². The van der Waals surface area contributed by atoms with Gasteiger partial charge in [0.2, 0.25) is 0 Å². The van der Waals surface area contributed by atoms with E-state index in [-0.39, 0.29) is 6.04 Å². The van der Waals surface area contributed by atoms with Gasteiger partial charge in [0, 0.05) is 0 Å². The van der Waals surface area contributed by atoms with Gasteiger partial charge in [0.25, 0.3) is 0 Å². The molecule has 2 aliphatic heterocycles. The van der Waals surface area contributed by atoms with Crippen molar-refractivity contribution in [2.45, 2.75) is 38.8 Å². The van der Waals surface area contributed by atoms with E-state index in [1.165, 1.54) is 0 Å². The molecule has 2 heterocycles. The fourth-order valence-corrected chi connectivity index (χ4v) is 2.09. The van der Waals surface area contributed by atoms with Crippen LogP contribution in [0.5, 0.6) is 0 Å². The number of nitrogens with two attached hydrogens (primary N) is 1. The molecule has 0 radical (unpaired) electrons. The highest BCUT2D eigenvalue weighted by Crippen LogP contribution is 2.12. The van der Waals surface area contributed by atoms with Crippen LogP contribution in [0.1, 0.15) is 26.7 Å². The first-order valence-corrected chi connectivity index (χ1v) is 7.45. The number of nitrogens with zero attached hydrogens (tertiary/aromatic N) is 1. The topological polar surface area (TPSA) is 80.9 Å². The second-order valence-corrected chi connectivity index (χ2v) is 5.37. The van der Waals surface area contributed by atoms with Crippen LogP contribution in [0, 0.1) is 5.92 Å². The van der Waals surface area contributed by atoms with Gasteiger partial charge in [-0.15, -0.1) is 0 Å². The molecule has 0 spiro atoms. The lowest BCUT2D eigenvalue weighted by atomic mass is 10.0. The number of nitrogens with one attached hydrogen (secondary N) is 2. The van der Waals surface area contributed by atoms with E-state index in [1.54, 1.807) is 0 Å². The largest absolute Gasteiger partial charge is 0.377 e. The van der Waals surface area contributed by atoms with E-state index in [4.69, 9.17) is 15.2 Å². The molecule has 0 aromatic carbocycles. The zero-order valence-corrected chi connectivity index (χ0v) is 12.4. The molecule has 0 unspecified atom stereocenters. The molecular weight excluding hydrogens is 256 g/mol. The van der Waals surface area contributed by atoms with Crippen LogP contribution in [-0.2, 0) is 9.47 Å². The van der Waals surface area contributed by atoms with Crippen molar-refractivity contribution in [2.24, 2.45) is 16.6 Å². The molecule has 0 aliphatic carbocycles. The second kappa shape index (κ2) is 7.50. The summed E-state index contributed by atoms with van der Waals surface area (Å²) in [6.07, 6.45) is 4.42. The number of rotatable bonds is 7. The summed E-state index contributed by atoms with van der Waals surface area (Å²) in [6.45, 7) is 7.20. The molecule has 6 heteroatoms. The monoisotopic (exact) mass is 282 g/mol. The molecule has 6 nitrogen and oxygen atoms in total. The van der Waals surface area contributed by atoms with Gasteiger partial charge in [0.1, 0.15) is 11.9 Å². The first kappa shape index (κ1) is 15.1. The number of hydrogen-bond donors (Lipinski definition) is 3. The SMILES string of the molecule is CCC(/C=C(\NC(N)=NC1COC1)NC1COC1)CC. The fraction of sp³-hybridized carbons (Fsp3) is 0.786. The minimum atomic E-state index is 0.198. The van der Waals surface area contributed by atoms with Crippen LogP contribution in [0.3, 0.4) is 0 Å². The third-order valence-corrected chi connectivity index (χ3v) is 3.65. The molecule has 2 aliphatic rings. The quantitative estimate of drug-likeness (QED) is 0.469. The van der Waals surface area contributed by atoms with Crippen LogP contribution in [-0.4, -0.2) is 44.5 Å². The minimum absolute atomic E-state index is 0.198. The number of ether oxygens (including phenoxy) is 2. The lowest BCUT2D eigenvalue weighted by Gasteiger charge is -2.30. The maximum atomic E-state index is 5.95. The van der Waals surface area contributed by atoms with Crippen molar-refractivity contribution < 1.29 is 9.47 Å². The van der Waals surface area contributed by atoms with Crippen molar-refractivity contribution >= 4 is 5.96 Å². The maximum absolute atomic E-state index is 5.95. The minimum Gasteiger partial charge on any atom is -0.377 e. The van der Waals surface area contributed by atoms with Gasteiger partial charge in [-0.25, -0.2) is 4.99 Å². The molecule has 0 saturated carbocycles. The molecule has 0 bridgehead atoms. The summed E-state index contributed by atoms with van der Waals surface area (Å²) >= 11 is 0. The fourth-order valence-electron chi connectivity index (χ4n) is 2.09. The summed E-state index contributed by atoms with van der Waals surface area (Å²) in [6, 6.07) is 0.562. The van der Waals surface area contributed by atoms with Crippen molar-refractivity contribution in [3.05, 3.63) is 11.9 Å². The van der Waals surface area contributed by atoms with Crippen molar-refractivity contribution in [2.75, 3.05) is 26.4 Å². The molecule has 0 atom stereocenters. The molecule has 0 amide bonds. The molecule has 4 N–H and O–H groups in total. The molecule has 2 rings (SSSR count). The molecule has 20 heavy (non-hydrogen) atoms. The van der Waals surface area contributed by atoms with Crippen molar-refractivity contribution in [1.29, 1.82) is 0 Å². The van der Waals surface area contributed by atoms with Gasteiger partial charge in [0.15, 0.2) is 5.96 Å². The average molecular weight is 282 g/mol. The Bertz CT molecular complexity index is 358. The Kier molecular flexibility index (Phi) is 5.67. The lowest BCUT2D eigenvalue weighted by Crippen LogP contribution is -2.50. The molecule has 2 saturated heterocycles. The summed E-state index contributed by atoms with van der Waals surface area (Å²) in [5, 5.41) is 6.61. The van der Waals surface area contributed by atoms with E-state index in [1.807, 2.05) is 0 Å². The van der Waals surface area contributed by atoms with Gasteiger partial charge >= 0.3 is 0 Å². The summed E-state index contributed by atoms with van der Waals surface area (Å²) in [5.74, 6) is 1.92. The molecule has 2 fully saturated rings. The molecule has 0 aromatic heterocycles. The van der Waals surface area contributed by atoms with E-state index in [9.17, 15) is 0 Å². The standard InChI is InChI=1S/C14H26N4O2/c1-3-10(4-2)5-13(16-11-6-19-7-11)18-14(15)17-12-8-20-9-12/h5,10-12,16H,3-4,6-9H2,1-2H3,(H3,15,17,18)/b13-5-. The number of guanidine groups is 1. The van der Waals surface area contributed by atoms with Crippen LogP contribution in [0.2, 0.25) is 0 Å². The van der Waals surface area contributed by atoms with Crippen LogP contribution < -0.4 is 16.4 Å².